The van der Waals surface area contributed by atoms with E-state index in [4.69, 9.17) is 16.9 Å². The van der Waals surface area contributed by atoms with Gasteiger partial charge >= 0.3 is 0 Å². The van der Waals surface area contributed by atoms with Crippen LogP contribution in [0.2, 0.25) is 5.02 Å². The molecule has 0 aliphatic heterocycles. The summed E-state index contributed by atoms with van der Waals surface area (Å²) in [5.41, 5.74) is -1.76. The zero-order valence-corrected chi connectivity index (χ0v) is 6.90. The quantitative estimate of drug-likeness (QED) is 0.759. The molecule has 6 heteroatoms. The standard InChI is InChI=1S/C7H3ClF2N2O/c8-4-1-3(6(9)10)5(2-11)12-7(4)13/h1,6H,(H,12,13). The van der Waals surface area contributed by atoms with Crippen LogP contribution in [0.1, 0.15) is 17.7 Å². The van der Waals surface area contributed by atoms with Crippen molar-refractivity contribution in [2.45, 2.75) is 6.43 Å². The number of halogens is 3. The summed E-state index contributed by atoms with van der Waals surface area (Å²) in [5, 5.41) is 8.03. The second-order valence-corrected chi connectivity index (χ2v) is 2.60. The van der Waals surface area contributed by atoms with Crippen LogP contribution in [0, 0.1) is 11.3 Å². The first-order chi connectivity index (χ1) is 6.06. The van der Waals surface area contributed by atoms with Crippen molar-refractivity contribution in [2.75, 3.05) is 0 Å². The third-order valence-corrected chi connectivity index (χ3v) is 1.65. The van der Waals surface area contributed by atoms with Crippen molar-refractivity contribution < 1.29 is 8.78 Å². The van der Waals surface area contributed by atoms with Gasteiger partial charge in [0, 0.05) is 0 Å². The van der Waals surface area contributed by atoms with Gasteiger partial charge < -0.3 is 4.98 Å². The van der Waals surface area contributed by atoms with Crippen LogP contribution in [0.25, 0.3) is 0 Å². The van der Waals surface area contributed by atoms with Gasteiger partial charge in [0.05, 0.1) is 5.56 Å². The summed E-state index contributed by atoms with van der Waals surface area (Å²) in [4.78, 5) is 12.7. The molecule has 3 nitrogen and oxygen atoms in total. The summed E-state index contributed by atoms with van der Waals surface area (Å²) in [6.45, 7) is 0. The molecule has 0 aliphatic carbocycles. The van der Waals surface area contributed by atoms with Gasteiger partial charge in [-0.1, -0.05) is 11.6 Å². The fourth-order valence-corrected chi connectivity index (χ4v) is 0.949. The molecule has 1 aromatic heterocycles. The first kappa shape index (κ1) is 9.68. The van der Waals surface area contributed by atoms with E-state index < -0.39 is 23.2 Å². The second kappa shape index (κ2) is 3.54. The van der Waals surface area contributed by atoms with E-state index in [0.29, 0.717) is 0 Å². The van der Waals surface area contributed by atoms with E-state index in [2.05, 4.69) is 0 Å². The van der Waals surface area contributed by atoms with Gasteiger partial charge in [-0.15, -0.1) is 0 Å². The summed E-state index contributed by atoms with van der Waals surface area (Å²) in [5.74, 6) is 0. The molecular formula is C7H3ClF2N2O. The molecule has 0 atom stereocenters. The number of H-pyrrole nitrogens is 1. The predicted octanol–water partition coefficient (Wildman–Crippen LogP) is 1.84. The molecule has 1 heterocycles. The Kier molecular flexibility index (Phi) is 2.63. The number of hydrogen-bond donors (Lipinski definition) is 1. The van der Waals surface area contributed by atoms with Gasteiger partial charge in [-0.2, -0.15) is 5.26 Å². The number of alkyl halides is 2. The number of rotatable bonds is 1. The van der Waals surface area contributed by atoms with E-state index in [1.807, 2.05) is 4.98 Å². The molecular weight excluding hydrogens is 202 g/mol. The number of nitriles is 1. The van der Waals surface area contributed by atoms with E-state index in [1.54, 1.807) is 0 Å². The number of pyridine rings is 1. The maximum atomic E-state index is 12.2. The van der Waals surface area contributed by atoms with Crippen molar-refractivity contribution in [3.63, 3.8) is 0 Å². The predicted molar refractivity (Wildman–Crippen MR) is 41.7 cm³/mol. The minimum absolute atomic E-state index is 0.352. The summed E-state index contributed by atoms with van der Waals surface area (Å²) in [7, 11) is 0. The molecule has 1 rings (SSSR count). The lowest BCUT2D eigenvalue weighted by Gasteiger charge is -2.01. The molecule has 0 amide bonds. The Bertz CT molecular complexity index is 421. The van der Waals surface area contributed by atoms with Crippen molar-refractivity contribution in [2.24, 2.45) is 0 Å². The lowest BCUT2D eigenvalue weighted by Crippen LogP contribution is -2.10. The Morgan fingerprint density at radius 2 is 2.23 bits per heavy atom. The zero-order chi connectivity index (χ0) is 10.0. The van der Waals surface area contributed by atoms with E-state index in [0.717, 1.165) is 6.07 Å². The SMILES string of the molecule is N#Cc1[nH]c(=O)c(Cl)cc1C(F)F. The summed E-state index contributed by atoms with van der Waals surface area (Å²) >= 11 is 5.30. The third kappa shape index (κ3) is 1.84. The van der Waals surface area contributed by atoms with E-state index in [1.165, 1.54) is 6.07 Å². The average molecular weight is 205 g/mol. The molecule has 0 aromatic carbocycles. The highest BCUT2D eigenvalue weighted by Crippen LogP contribution is 2.21. The molecule has 0 saturated carbocycles. The van der Waals surface area contributed by atoms with Crippen molar-refractivity contribution in [1.82, 2.24) is 4.98 Å². The number of nitrogens with one attached hydrogen (secondary N) is 1. The molecule has 0 radical (unpaired) electrons. The maximum Gasteiger partial charge on any atom is 0.267 e. The maximum absolute atomic E-state index is 12.2. The Morgan fingerprint density at radius 3 is 2.69 bits per heavy atom. The van der Waals surface area contributed by atoms with Crippen LogP contribution in [0.4, 0.5) is 8.78 Å². The third-order valence-electron chi connectivity index (χ3n) is 1.37. The Labute approximate surface area is 76.6 Å². The first-order valence-electron chi connectivity index (χ1n) is 3.17. The number of aromatic nitrogens is 1. The van der Waals surface area contributed by atoms with Gasteiger partial charge in [0.15, 0.2) is 0 Å². The highest BCUT2D eigenvalue weighted by atomic mass is 35.5. The van der Waals surface area contributed by atoms with Crippen LogP contribution in [0.15, 0.2) is 10.9 Å². The molecule has 0 spiro atoms. The number of aromatic amines is 1. The summed E-state index contributed by atoms with van der Waals surface area (Å²) in [6.07, 6.45) is -2.83. The molecule has 13 heavy (non-hydrogen) atoms. The fraction of sp³-hybridized carbons (Fsp3) is 0.143. The van der Waals surface area contributed by atoms with Crippen molar-refractivity contribution in [1.29, 1.82) is 5.26 Å². The van der Waals surface area contributed by atoms with Crippen LogP contribution in [0.3, 0.4) is 0 Å². The monoisotopic (exact) mass is 204 g/mol. The topological polar surface area (TPSA) is 56.6 Å². The average Bonchev–Trinajstić information content (AvgIpc) is 2.08. The summed E-state index contributed by atoms with van der Waals surface area (Å²) in [6, 6.07) is 2.25. The Balaban J connectivity index is 3.44. The second-order valence-electron chi connectivity index (χ2n) is 2.19. The molecule has 1 N–H and O–H groups in total. The zero-order valence-electron chi connectivity index (χ0n) is 6.14. The molecule has 0 saturated heterocycles. The van der Waals surface area contributed by atoms with Crippen molar-refractivity contribution in [3.8, 4) is 6.07 Å². The van der Waals surface area contributed by atoms with Crippen LogP contribution in [-0.4, -0.2) is 4.98 Å². The highest BCUT2D eigenvalue weighted by molar-refractivity contribution is 6.30. The van der Waals surface area contributed by atoms with E-state index in [-0.39, 0.29) is 5.02 Å². The molecule has 0 unspecified atom stereocenters. The minimum Gasteiger partial charge on any atom is -0.312 e. The smallest absolute Gasteiger partial charge is 0.267 e. The van der Waals surface area contributed by atoms with Gasteiger partial charge in [0.2, 0.25) is 0 Å². The normalized spacial score (nSPS) is 10.1. The molecule has 68 valence electrons. The Hall–Kier alpha value is -1.41. The van der Waals surface area contributed by atoms with Crippen LogP contribution < -0.4 is 5.56 Å². The fourth-order valence-electron chi connectivity index (χ4n) is 0.784. The van der Waals surface area contributed by atoms with Crippen LogP contribution in [-0.2, 0) is 0 Å². The van der Waals surface area contributed by atoms with Gasteiger partial charge in [-0.25, -0.2) is 8.78 Å². The highest BCUT2D eigenvalue weighted by Gasteiger charge is 2.15. The van der Waals surface area contributed by atoms with Gasteiger partial charge in [-0.3, -0.25) is 4.79 Å². The number of nitrogens with zero attached hydrogens (tertiary/aromatic N) is 1. The van der Waals surface area contributed by atoms with Crippen molar-refractivity contribution >= 4 is 11.6 Å². The minimum atomic E-state index is -2.83. The largest absolute Gasteiger partial charge is 0.312 e. The van der Waals surface area contributed by atoms with Crippen LogP contribution in [0.5, 0.6) is 0 Å². The lowest BCUT2D eigenvalue weighted by molar-refractivity contribution is 0.150. The van der Waals surface area contributed by atoms with Gasteiger partial charge in [-0.05, 0) is 6.07 Å². The molecule has 0 bridgehead atoms. The van der Waals surface area contributed by atoms with Gasteiger partial charge in [0.1, 0.15) is 16.8 Å². The first-order valence-corrected chi connectivity index (χ1v) is 3.55. The molecule has 0 fully saturated rings. The molecule has 1 aromatic rings. The summed E-state index contributed by atoms with van der Waals surface area (Å²) < 4.78 is 24.4. The lowest BCUT2D eigenvalue weighted by atomic mass is 10.2. The van der Waals surface area contributed by atoms with Gasteiger partial charge in [0.25, 0.3) is 12.0 Å². The Morgan fingerprint density at radius 1 is 1.62 bits per heavy atom. The number of hydrogen-bond acceptors (Lipinski definition) is 2. The van der Waals surface area contributed by atoms with Crippen molar-refractivity contribution in [3.05, 3.63) is 32.7 Å². The van der Waals surface area contributed by atoms with Crippen LogP contribution >= 0.6 is 11.6 Å². The van der Waals surface area contributed by atoms with E-state index >= 15 is 0 Å². The van der Waals surface area contributed by atoms with E-state index in [9.17, 15) is 13.6 Å². The molecule has 0 aliphatic rings.